The molecule has 0 amide bonds. The van der Waals surface area contributed by atoms with Crippen LogP contribution >= 0.6 is 0 Å². The van der Waals surface area contributed by atoms with E-state index in [4.69, 9.17) is 0 Å². The quantitative estimate of drug-likeness (QED) is 0.230. The number of carboxylic acid groups (broad SMARTS) is 3. The summed E-state index contributed by atoms with van der Waals surface area (Å²) >= 11 is 0. The fourth-order valence-corrected chi connectivity index (χ4v) is 4.53. The Bertz CT molecular complexity index is 498. The van der Waals surface area contributed by atoms with Crippen LogP contribution in [0.5, 0.6) is 0 Å². The van der Waals surface area contributed by atoms with Gasteiger partial charge in [0, 0.05) is 34.2 Å². The van der Waals surface area contributed by atoms with Gasteiger partial charge in [0.15, 0.2) is 0 Å². The van der Waals surface area contributed by atoms with E-state index < -0.39 is 34.2 Å². The molecule has 0 aliphatic rings. The molecule has 0 aliphatic carbocycles. The third-order valence-electron chi connectivity index (χ3n) is 8.39. The van der Waals surface area contributed by atoms with Crippen molar-refractivity contribution in [3.8, 4) is 0 Å². The van der Waals surface area contributed by atoms with E-state index >= 15 is 0 Å². The molecule has 216 valence electrons. The van der Waals surface area contributed by atoms with E-state index in [1.165, 1.54) is 0 Å². The molecule has 0 radical (unpaired) electrons. The van der Waals surface area contributed by atoms with Gasteiger partial charge in [0.1, 0.15) is 0 Å². The summed E-state index contributed by atoms with van der Waals surface area (Å²) < 4.78 is 0. The molecule has 6 nitrogen and oxygen atoms in total. The number of carboxylic acids is 3. The van der Waals surface area contributed by atoms with Crippen LogP contribution in [0.2, 0.25) is 0 Å². The maximum Gasteiger partial charge on any atom is 3.00 e. The average Bonchev–Trinajstić information content (AvgIpc) is 2.87. The van der Waals surface area contributed by atoms with Crippen molar-refractivity contribution in [1.82, 2.24) is 0 Å². The van der Waals surface area contributed by atoms with Crippen molar-refractivity contribution in [3.63, 3.8) is 0 Å². The summed E-state index contributed by atoms with van der Waals surface area (Å²) in [6, 6.07) is 0. The summed E-state index contributed by atoms with van der Waals surface area (Å²) in [5.74, 6) is -2.62. The molecule has 0 aromatic heterocycles. The van der Waals surface area contributed by atoms with Gasteiger partial charge in [-0.15, -0.1) is 0 Å². The maximum atomic E-state index is 10.9. The van der Waals surface area contributed by atoms with Crippen LogP contribution in [0, 0.1) is 16.2 Å². The summed E-state index contributed by atoms with van der Waals surface area (Å²) in [5, 5.41) is 32.6. The molecule has 0 bridgehead atoms. The summed E-state index contributed by atoms with van der Waals surface area (Å²) in [6.45, 7) is 17.8. The topological polar surface area (TPSA) is 120 Å². The van der Waals surface area contributed by atoms with Crippen LogP contribution in [0.4, 0.5) is 0 Å². The minimum absolute atomic E-state index is 0. The van der Waals surface area contributed by atoms with Crippen LogP contribution in [0.3, 0.4) is 0 Å². The van der Waals surface area contributed by atoms with Gasteiger partial charge in [-0.05, 0) is 57.8 Å². The van der Waals surface area contributed by atoms with Crippen LogP contribution < -0.4 is 15.3 Å². The second-order valence-electron chi connectivity index (χ2n) is 10.1. The molecule has 0 spiro atoms. The number of carbonyl (C=O) groups is 3. The molecule has 0 heterocycles. The first-order chi connectivity index (χ1) is 16.9. The summed E-state index contributed by atoms with van der Waals surface area (Å²) in [6.07, 6.45) is 12.5. The van der Waals surface area contributed by atoms with Crippen molar-refractivity contribution in [3.05, 3.63) is 0 Å². The SMILES string of the molecule is CCCCC(CC)(CC)C(=O)[O-].CCCCC(CC)(CC)C(=O)[O-].CCCCC(CC)(CC)C(=O)[O-].[Al+3]. The predicted octanol–water partition coefficient (Wildman–Crippen LogP) is 4.82. The van der Waals surface area contributed by atoms with Crippen molar-refractivity contribution < 1.29 is 29.7 Å². The Balaban J connectivity index is -0.000000218. The van der Waals surface area contributed by atoms with Crippen molar-refractivity contribution in [2.75, 3.05) is 0 Å². The zero-order valence-electron chi connectivity index (χ0n) is 25.6. The molecule has 0 rings (SSSR count). The second kappa shape index (κ2) is 24.0. The normalized spacial score (nSPS) is 11.3. The summed E-state index contributed by atoms with van der Waals surface area (Å²) in [5.41, 5.74) is -1.68. The van der Waals surface area contributed by atoms with Gasteiger partial charge in [0.05, 0.1) is 0 Å². The smallest absolute Gasteiger partial charge is 0.550 e. The van der Waals surface area contributed by atoms with Gasteiger partial charge in [-0.25, -0.2) is 0 Å². The molecule has 0 atom stereocenters. The third kappa shape index (κ3) is 15.2. The monoisotopic (exact) mass is 540 g/mol. The minimum atomic E-state index is -0.874. The van der Waals surface area contributed by atoms with Crippen molar-refractivity contribution in [2.45, 2.75) is 159 Å². The zero-order chi connectivity index (χ0) is 28.8. The zero-order valence-corrected chi connectivity index (χ0v) is 26.8. The minimum Gasteiger partial charge on any atom is -0.550 e. The van der Waals surface area contributed by atoms with Crippen molar-refractivity contribution >= 4 is 35.3 Å². The van der Waals surface area contributed by atoms with Gasteiger partial charge >= 0.3 is 17.4 Å². The van der Waals surface area contributed by atoms with Crippen LogP contribution in [0.25, 0.3) is 0 Å². The molecule has 0 aromatic rings. The van der Waals surface area contributed by atoms with Gasteiger partial charge < -0.3 is 29.7 Å². The molecule has 0 fully saturated rings. The predicted molar refractivity (Wildman–Crippen MR) is 148 cm³/mol. The molecular weight excluding hydrogens is 483 g/mol. The Labute approximate surface area is 239 Å². The Morgan fingerprint density at radius 1 is 0.432 bits per heavy atom. The van der Waals surface area contributed by atoms with Crippen LogP contribution in [-0.2, 0) is 14.4 Å². The van der Waals surface area contributed by atoms with Crippen molar-refractivity contribution in [2.24, 2.45) is 16.2 Å². The van der Waals surface area contributed by atoms with E-state index in [-0.39, 0.29) is 17.4 Å². The maximum absolute atomic E-state index is 10.9. The van der Waals surface area contributed by atoms with Gasteiger partial charge in [-0.3, -0.25) is 0 Å². The molecule has 0 aromatic carbocycles. The second-order valence-corrected chi connectivity index (χ2v) is 10.1. The largest absolute Gasteiger partial charge is 3.00 e. The van der Waals surface area contributed by atoms with Crippen LogP contribution in [0.15, 0.2) is 0 Å². The average molecular weight is 541 g/mol. The number of carbonyl (C=O) groups excluding carboxylic acids is 3. The standard InChI is InChI=1S/3C10H20O2.Al/c3*1-4-7-8-10(5-2,6-3)9(11)12;/h3*4-8H2,1-3H3,(H,11,12);/q;;;+3/p-3. The Morgan fingerprint density at radius 2 is 0.595 bits per heavy atom. The number of hydrogen-bond donors (Lipinski definition) is 0. The fourth-order valence-electron chi connectivity index (χ4n) is 4.53. The van der Waals surface area contributed by atoms with E-state index in [0.29, 0.717) is 38.5 Å². The van der Waals surface area contributed by atoms with E-state index in [2.05, 4.69) is 20.8 Å². The van der Waals surface area contributed by atoms with E-state index in [1.54, 1.807) is 0 Å². The first-order valence-electron chi connectivity index (χ1n) is 14.5. The summed E-state index contributed by atoms with van der Waals surface area (Å²) in [4.78, 5) is 32.6. The number of unbranched alkanes of at least 4 members (excludes halogenated alkanes) is 3. The molecule has 0 unspecified atom stereocenters. The molecule has 0 N–H and O–H groups in total. The van der Waals surface area contributed by atoms with Gasteiger partial charge in [-0.1, -0.05) is 101 Å². The third-order valence-corrected chi connectivity index (χ3v) is 8.39. The molecule has 0 aliphatic heterocycles. The van der Waals surface area contributed by atoms with E-state index in [0.717, 1.165) is 57.8 Å². The molecular formula is C30H57AlO6. The fraction of sp³-hybridized carbons (Fsp3) is 0.900. The van der Waals surface area contributed by atoms with E-state index in [9.17, 15) is 29.7 Å². The number of hydrogen-bond acceptors (Lipinski definition) is 6. The van der Waals surface area contributed by atoms with Crippen LogP contribution in [0.1, 0.15) is 159 Å². The first kappa shape index (κ1) is 43.0. The van der Waals surface area contributed by atoms with E-state index in [1.807, 2.05) is 41.5 Å². The summed E-state index contributed by atoms with van der Waals surface area (Å²) in [7, 11) is 0. The molecule has 0 saturated heterocycles. The van der Waals surface area contributed by atoms with Gasteiger partial charge in [0.25, 0.3) is 0 Å². The van der Waals surface area contributed by atoms with Crippen LogP contribution in [-0.4, -0.2) is 35.3 Å². The number of rotatable bonds is 18. The van der Waals surface area contributed by atoms with Gasteiger partial charge in [-0.2, -0.15) is 0 Å². The Morgan fingerprint density at radius 3 is 0.676 bits per heavy atom. The van der Waals surface area contributed by atoms with Crippen molar-refractivity contribution in [1.29, 1.82) is 0 Å². The van der Waals surface area contributed by atoms with Gasteiger partial charge in [0.2, 0.25) is 0 Å². The Kier molecular flexibility index (Phi) is 27.9. The first-order valence-corrected chi connectivity index (χ1v) is 14.5. The Hall–Kier alpha value is -1.06. The molecule has 7 heteroatoms. The number of aliphatic carboxylic acids is 3. The molecule has 37 heavy (non-hydrogen) atoms. The molecule has 0 saturated carbocycles.